The van der Waals surface area contributed by atoms with Crippen LogP contribution in [-0.4, -0.2) is 30.2 Å². The van der Waals surface area contributed by atoms with E-state index in [0.717, 1.165) is 5.56 Å². The van der Waals surface area contributed by atoms with Gasteiger partial charge >= 0.3 is 11.9 Å². The third kappa shape index (κ3) is 5.22. The molecule has 0 aliphatic carbocycles. The number of carbonyl (C=O) groups is 3. The molecule has 0 spiro atoms. The fraction of sp³-hybridized carbons (Fsp3) is 0.227. The molecule has 0 atom stereocenters. The molecule has 0 aromatic heterocycles. The average molecular weight is 395 g/mol. The molecular weight excluding hydrogens is 374 g/mol. The second-order valence-electron chi connectivity index (χ2n) is 6.98. The zero-order valence-electron chi connectivity index (χ0n) is 16.4. The Morgan fingerprint density at radius 3 is 2.31 bits per heavy atom. The predicted molar refractivity (Wildman–Crippen MR) is 106 cm³/mol. The number of benzene rings is 2. The SMILES string of the molecule is Cc1ccc(NC(=O)COc2ccccc2C=C2C(=O)OC(C)(C)OC2=O)cc1. The topological polar surface area (TPSA) is 90.9 Å². The smallest absolute Gasteiger partial charge is 0.348 e. The van der Waals surface area contributed by atoms with Crippen LogP contribution in [0.4, 0.5) is 5.69 Å². The molecular formula is C22H21NO6. The first-order chi connectivity index (χ1) is 13.7. The minimum atomic E-state index is -1.31. The highest BCUT2D eigenvalue weighted by molar-refractivity contribution is 6.19. The van der Waals surface area contributed by atoms with Gasteiger partial charge in [-0.1, -0.05) is 35.9 Å². The fourth-order valence-corrected chi connectivity index (χ4v) is 2.64. The molecule has 0 radical (unpaired) electrons. The number of esters is 2. The van der Waals surface area contributed by atoms with E-state index in [1.807, 2.05) is 19.1 Å². The maximum Gasteiger partial charge on any atom is 0.348 e. The summed E-state index contributed by atoms with van der Waals surface area (Å²) in [4.78, 5) is 36.4. The fourth-order valence-electron chi connectivity index (χ4n) is 2.64. The van der Waals surface area contributed by atoms with Gasteiger partial charge in [-0.25, -0.2) is 9.59 Å². The van der Waals surface area contributed by atoms with E-state index in [0.29, 0.717) is 17.0 Å². The van der Waals surface area contributed by atoms with Gasteiger partial charge in [0.25, 0.3) is 11.7 Å². The molecule has 2 aromatic rings. The Morgan fingerprint density at radius 2 is 1.66 bits per heavy atom. The Labute approximate surface area is 168 Å². The zero-order valence-corrected chi connectivity index (χ0v) is 16.4. The lowest BCUT2D eigenvalue weighted by Crippen LogP contribution is -2.41. The van der Waals surface area contributed by atoms with Crippen LogP contribution in [0.15, 0.2) is 54.1 Å². The molecule has 0 saturated carbocycles. The van der Waals surface area contributed by atoms with Crippen molar-refractivity contribution in [2.45, 2.75) is 26.6 Å². The van der Waals surface area contributed by atoms with Crippen molar-refractivity contribution < 1.29 is 28.6 Å². The van der Waals surface area contributed by atoms with Crippen LogP contribution in [0.1, 0.15) is 25.0 Å². The van der Waals surface area contributed by atoms with Crippen molar-refractivity contribution >= 4 is 29.6 Å². The standard InChI is InChI=1S/C22H21NO6/c1-14-8-10-16(11-9-14)23-19(24)13-27-18-7-5-4-6-15(18)12-17-20(25)28-22(2,3)29-21(17)26/h4-12H,13H2,1-3H3,(H,23,24). The lowest BCUT2D eigenvalue weighted by Gasteiger charge is -2.29. The molecule has 29 heavy (non-hydrogen) atoms. The van der Waals surface area contributed by atoms with Gasteiger partial charge in [0, 0.05) is 25.1 Å². The maximum absolute atomic E-state index is 12.1. The molecule has 1 saturated heterocycles. The maximum atomic E-state index is 12.1. The minimum Gasteiger partial charge on any atom is -0.483 e. The summed E-state index contributed by atoms with van der Waals surface area (Å²) < 4.78 is 15.8. The largest absolute Gasteiger partial charge is 0.483 e. The Bertz CT molecular complexity index is 953. The van der Waals surface area contributed by atoms with Crippen molar-refractivity contribution in [3.8, 4) is 5.75 Å². The zero-order chi connectivity index (χ0) is 21.0. The summed E-state index contributed by atoms with van der Waals surface area (Å²) >= 11 is 0. The Balaban J connectivity index is 1.71. The normalized spacial score (nSPS) is 15.2. The lowest BCUT2D eigenvalue weighted by molar-refractivity contribution is -0.222. The van der Waals surface area contributed by atoms with Crippen LogP contribution in [0.2, 0.25) is 0 Å². The molecule has 3 rings (SSSR count). The van der Waals surface area contributed by atoms with Gasteiger partial charge in [-0.05, 0) is 31.2 Å². The molecule has 7 nitrogen and oxygen atoms in total. The summed E-state index contributed by atoms with van der Waals surface area (Å²) in [6.45, 7) is 4.67. The van der Waals surface area contributed by atoms with Crippen molar-refractivity contribution in [2.24, 2.45) is 0 Å². The summed E-state index contributed by atoms with van der Waals surface area (Å²) in [6.07, 6.45) is 1.33. The van der Waals surface area contributed by atoms with Crippen molar-refractivity contribution in [2.75, 3.05) is 11.9 Å². The van der Waals surface area contributed by atoms with Crippen molar-refractivity contribution in [1.29, 1.82) is 0 Å². The highest BCUT2D eigenvalue weighted by Crippen LogP contribution is 2.27. The molecule has 150 valence electrons. The number of para-hydroxylation sites is 1. The summed E-state index contributed by atoms with van der Waals surface area (Å²) in [7, 11) is 0. The van der Waals surface area contributed by atoms with Crippen molar-refractivity contribution in [1.82, 2.24) is 0 Å². The van der Waals surface area contributed by atoms with Crippen LogP contribution in [0.3, 0.4) is 0 Å². The monoisotopic (exact) mass is 395 g/mol. The van der Waals surface area contributed by atoms with Crippen LogP contribution in [0.5, 0.6) is 5.75 Å². The number of anilines is 1. The number of carbonyl (C=O) groups excluding carboxylic acids is 3. The number of rotatable bonds is 5. The van der Waals surface area contributed by atoms with E-state index in [4.69, 9.17) is 14.2 Å². The summed E-state index contributed by atoms with van der Waals surface area (Å²) in [5.41, 5.74) is 1.95. The van der Waals surface area contributed by atoms with Gasteiger partial charge in [0.05, 0.1) is 0 Å². The van der Waals surface area contributed by atoms with Gasteiger partial charge in [-0.15, -0.1) is 0 Å². The van der Waals surface area contributed by atoms with Crippen LogP contribution < -0.4 is 10.1 Å². The van der Waals surface area contributed by atoms with Crippen LogP contribution in [-0.2, 0) is 23.9 Å². The van der Waals surface area contributed by atoms with E-state index < -0.39 is 17.7 Å². The molecule has 0 unspecified atom stereocenters. The second-order valence-corrected chi connectivity index (χ2v) is 6.98. The number of ether oxygens (including phenoxy) is 3. The van der Waals surface area contributed by atoms with Gasteiger partial charge < -0.3 is 19.5 Å². The number of amides is 1. The Hall–Kier alpha value is -3.61. The first-order valence-electron chi connectivity index (χ1n) is 9.00. The average Bonchev–Trinajstić information content (AvgIpc) is 2.65. The van der Waals surface area contributed by atoms with E-state index in [2.05, 4.69) is 5.32 Å². The molecule has 2 aromatic carbocycles. The van der Waals surface area contributed by atoms with Crippen LogP contribution in [0, 0.1) is 6.92 Å². The summed E-state index contributed by atoms with van der Waals surface area (Å²) in [5.74, 6) is -2.87. The Kier molecular flexibility index (Phi) is 5.68. The number of hydrogen-bond donors (Lipinski definition) is 1. The van der Waals surface area contributed by atoms with Crippen LogP contribution in [0.25, 0.3) is 6.08 Å². The third-order valence-electron chi connectivity index (χ3n) is 4.03. The van der Waals surface area contributed by atoms with E-state index >= 15 is 0 Å². The van der Waals surface area contributed by atoms with Crippen molar-refractivity contribution in [3.63, 3.8) is 0 Å². The third-order valence-corrected chi connectivity index (χ3v) is 4.03. The Morgan fingerprint density at radius 1 is 1.03 bits per heavy atom. The highest BCUT2D eigenvalue weighted by atomic mass is 16.7. The molecule has 1 N–H and O–H groups in total. The van der Waals surface area contributed by atoms with Gasteiger partial charge in [-0.2, -0.15) is 0 Å². The van der Waals surface area contributed by atoms with Gasteiger partial charge in [0.15, 0.2) is 6.61 Å². The number of aryl methyl sites for hydroxylation is 1. The summed E-state index contributed by atoms with van der Waals surface area (Å²) in [5, 5.41) is 2.74. The quantitative estimate of drug-likeness (QED) is 0.475. The number of nitrogens with one attached hydrogen (secondary N) is 1. The van der Waals surface area contributed by atoms with Gasteiger partial charge in [0.2, 0.25) is 0 Å². The molecule has 1 aliphatic heterocycles. The lowest BCUT2D eigenvalue weighted by atomic mass is 10.1. The molecule has 1 amide bonds. The van der Waals surface area contributed by atoms with E-state index in [1.165, 1.54) is 19.9 Å². The van der Waals surface area contributed by atoms with E-state index in [-0.39, 0.29) is 18.1 Å². The summed E-state index contributed by atoms with van der Waals surface area (Å²) in [6, 6.07) is 14.1. The molecule has 7 heteroatoms. The number of hydrogen-bond acceptors (Lipinski definition) is 6. The second kappa shape index (κ2) is 8.18. The first-order valence-corrected chi connectivity index (χ1v) is 9.00. The molecule has 1 fully saturated rings. The van der Waals surface area contributed by atoms with Crippen LogP contribution >= 0.6 is 0 Å². The van der Waals surface area contributed by atoms with Crippen molar-refractivity contribution in [3.05, 3.63) is 65.2 Å². The van der Waals surface area contributed by atoms with Gasteiger partial charge in [-0.3, -0.25) is 4.79 Å². The molecule has 1 heterocycles. The van der Waals surface area contributed by atoms with E-state index in [1.54, 1.807) is 36.4 Å². The predicted octanol–water partition coefficient (Wildman–Crippen LogP) is 3.23. The van der Waals surface area contributed by atoms with Gasteiger partial charge in [0.1, 0.15) is 11.3 Å². The molecule has 1 aliphatic rings. The highest BCUT2D eigenvalue weighted by Gasteiger charge is 2.39. The first kappa shape index (κ1) is 20.1. The number of cyclic esters (lactones) is 2. The minimum absolute atomic E-state index is 0.240. The van der Waals surface area contributed by atoms with E-state index in [9.17, 15) is 14.4 Å². The molecule has 0 bridgehead atoms.